The number of aromatic nitrogens is 1. The van der Waals surface area contributed by atoms with Crippen LogP contribution in [-0.4, -0.2) is 339 Å². The first kappa shape index (κ1) is 89.6. The molecule has 5 aliphatic heterocycles. The van der Waals surface area contributed by atoms with E-state index in [4.69, 9.17) is 71.1 Å². The standard InChI is InChI=1S/C71H105F6N7O26/c72-70(73,74)66(94)81-58-60(90)62(92)68(45-107-64(58)109-68)43-105-39-36-102-33-31-99-28-25-96-22-17-78-54(87)14-12-52(85)57(53(86)13-15-55(88)79-18-23-97-26-29-100-32-34-103-37-40-106-44-69-46-108-65(110-69)59(61(91)63(69)93)82-67(95)71(75,76)77)80-56(89)42-104-38-35-101-30-27-98-24-21-83-20-16-49-48(9-6-11-51(49)83)41-84-19-5-4-10-50(84)47-7-2-1-3-8-47/h1-3,6-9,11,16,20,50,52-53,57-65,85-86,90-93H,4-5,10,12-15,17-19,21-46H2,(H,78,87)(H,79,88)(H,80,89)(H,81,94)(H,82,95)/t50?,52?,53?,57?,58-,59-,60-,61-,62-,63-,64+,65+,68+,69+/m1/s1. The van der Waals surface area contributed by atoms with Gasteiger partial charge in [0.05, 0.1) is 170 Å². The Morgan fingerprint density at radius 1 is 0.527 bits per heavy atom. The number of piperidine rings is 1. The summed E-state index contributed by atoms with van der Waals surface area (Å²) in [6.45, 7) is 4.07. The molecule has 5 fully saturated rings. The fourth-order valence-corrected chi connectivity index (χ4v) is 13.1. The lowest BCUT2D eigenvalue weighted by Crippen LogP contribution is -2.67. The van der Waals surface area contributed by atoms with E-state index >= 15 is 0 Å². The third kappa shape index (κ3) is 27.9. The number of carbonyl (C=O) groups is 5. The molecule has 4 bridgehead atoms. The van der Waals surface area contributed by atoms with Gasteiger partial charge in [0.2, 0.25) is 17.7 Å². The molecule has 0 saturated carbocycles. The van der Waals surface area contributed by atoms with Gasteiger partial charge in [-0.3, -0.25) is 28.9 Å². The normalized spacial score (nSPS) is 25.0. The lowest BCUT2D eigenvalue weighted by molar-refractivity contribution is -0.240. The Bertz CT molecular complexity index is 3110. The molecule has 33 nitrogen and oxygen atoms in total. The lowest BCUT2D eigenvalue weighted by Gasteiger charge is -2.42. The van der Waals surface area contributed by atoms with Crippen LogP contribution in [0, 0.1) is 0 Å². The smallest absolute Gasteiger partial charge is 0.391 e. The van der Waals surface area contributed by atoms with E-state index in [9.17, 15) is 81.0 Å². The number of halogens is 6. The van der Waals surface area contributed by atoms with E-state index in [2.05, 4.69) is 86.2 Å². The predicted octanol–water partition coefficient (Wildman–Crippen LogP) is -0.661. The van der Waals surface area contributed by atoms with Gasteiger partial charge in [-0.25, -0.2) is 0 Å². The van der Waals surface area contributed by atoms with Crippen LogP contribution in [-0.2, 0) is 108 Å². The number of alkyl halides is 6. The van der Waals surface area contributed by atoms with Crippen LogP contribution in [0.3, 0.4) is 0 Å². The maximum Gasteiger partial charge on any atom is 0.471 e. The number of rotatable bonds is 53. The first-order chi connectivity index (χ1) is 52.9. The Hall–Kier alpha value is -5.97. The number of fused-ring (bicyclic) bond motifs is 5. The zero-order valence-electron chi connectivity index (χ0n) is 61.2. The van der Waals surface area contributed by atoms with E-state index in [1.165, 1.54) is 29.4 Å². The Kier molecular flexibility index (Phi) is 37.3. The molecule has 110 heavy (non-hydrogen) atoms. The van der Waals surface area contributed by atoms with Crippen LogP contribution in [0.15, 0.2) is 60.8 Å². The highest BCUT2D eigenvalue weighted by Crippen LogP contribution is 2.40. The summed E-state index contributed by atoms with van der Waals surface area (Å²) in [6.07, 6.45) is -18.6. The van der Waals surface area contributed by atoms with E-state index in [1.54, 1.807) is 10.6 Å². The van der Waals surface area contributed by atoms with Gasteiger partial charge in [-0.2, -0.15) is 26.3 Å². The number of hydrogen-bond donors (Lipinski definition) is 11. The molecule has 0 spiro atoms. The molecule has 3 aromatic rings. The van der Waals surface area contributed by atoms with Crippen LogP contribution >= 0.6 is 0 Å². The third-order valence-corrected chi connectivity index (χ3v) is 18.9. The summed E-state index contributed by atoms with van der Waals surface area (Å²) in [7, 11) is 0. The van der Waals surface area contributed by atoms with E-state index in [-0.39, 0.29) is 178 Å². The molecule has 5 amide bonds. The molecule has 622 valence electrons. The van der Waals surface area contributed by atoms with Crippen LogP contribution in [0.4, 0.5) is 26.3 Å². The molecule has 13 atom stereocenters. The summed E-state index contributed by atoms with van der Waals surface area (Å²) in [6, 6.07) is 15.1. The van der Waals surface area contributed by atoms with Crippen molar-refractivity contribution in [1.29, 1.82) is 0 Å². The maximum atomic E-state index is 13.2. The average Bonchev–Trinajstić information content (AvgIpc) is 1.51. The summed E-state index contributed by atoms with van der Waals surface area (Å²) in [5, 5.41) is 77.1. The SMILES string of the molecule is O=C(CCC(O)C(NC(=O)COCCOCCOCCn1ccc2c(CN3CCCCC3c3ccccc3)cccc21)C(O)CCC(=O)NCCOCCOCCOCCOC[C@@]12CO[C@@H](O1)[C@H](NC(=O)C(F)(F)F)[C@@H](O)[C@H]2O)NCCOCCOCCOCCOC[C@@]12CO[C@@H](O1)[C@H](NC(=O)C(F)(F)F)[C@@H](O)[C@H]2O. The second-order valence-corrected chi connectivity index (χ2v) is 26.9. The highest BCUT2D eigenvalue weighted by Gasteiger charge is 2.62. The van der Waals surface area contributed by atoms with Crippen molar-refractivity contribution in [3.63, 3.8) is 0 Å². The number of nitrogens with zero attached hydrogens (tertiary/aromatic N) is 2. The van der Waals surface area contributed by atoms with Crippen LogP contribution in [0.5, 0.6) is 0 Å². The zero-order chi connectivity index (χ0) is 78.9. The topological polar surface area (TPSA) is 414 Å². The highest BCUT2D eigenvalue weighted by atomic mass is 19.4. The second-order valence-electron chi connectivity index (χ2n) is 26.9. The summed E-state index contributed by atoms with van der Waals surface area (Å²) in [5.74, 6) is -6.25. The molecule has 8 rings (SSSR count). The molecule has 2 aromatic carbocycles. The van der Waals surface area contributed by atoms with Crippen molar-refractivity contribution in [2.24, 2.45) is 0 Å². The fourth-order valence-electron chi connectivity index (χ4n) is 13.1. The van der Waals surface area contributed by atoms with E-state index in [0.717, 1.165) is 25.0 Å². The number of aliphatic hydroxyl groups excluding tert-OH is 6. The minimum atomic E-state index is -5.23. The van der Waals surface area contributed by atoms with Crippen LogP contribution in [0.1, 0.15) is 62.1 Å². The van der Waals surface area contributed by atoms with Gasteiger partial charge in [0.25, 0.3) is 0 Å². The Balaban J connectivity index is 0.659. The first-order valence-electron chi connectivity index (χ1n) is 36.9. The molecule has 6 heterocycles. The van der Waals surface area contributed by atoms with Gasteiger partial charge in [0.1, 0.15) is 54.3 Å². The lowest BCUT2D eigenvalue weighted by atomic mass is 9.88. The third-order valence-electron chi connectivity index (χ3n) is 18.9. The Labute approximate surface area is 631 Å². The molecule has 11 N–H and O–H groups in total. The molecule has 5 saturated heterocycles. The van der Waals surface area contributed by atoms with Crippen LogP contribution < -0.4 is 26.6 Å². The summed E-state index contributed by atoms with van der Waals surface area (Å²) < 4.78 is 162. The van der Waals surface area contributed by atoms with Gasteiger partial charge in [-0.1, -0.05) is 48.9 Å². The predicted molar refractivity (Wildman–Crippen MR) is 370 cm³/mol. The minimum absolute atomic E-state index is 0.00704. The largest absolute Gasteiger partial charge is 0.471 e. The second kappa shape index (κ2) is 45.8. The van der Waals surface area contributed by atoms with Gasteiger partial charge in [-0.05, 0) is 55.5 Å². The fraction of sp³-hybridized carbons (Fsp3) is 0.732. The van der Waals surface area contributed by atoms with Gasteiger partial charge < -0.3 is 133 Å². The Morgan fingerprint density at radius 2 is 0.973 bits per heavy atom. The van der Waals surface area contributed by atoms with Crippen LogP contribution in [0.25, 0.3) is 10.9 Å². The molecule has 3 unspecified atom stereocenters. The molecule has 5 aliphatic rings. The number of likely N-dealkylation sites (tertiary alicyclic amines) is 1. The van der Waals surface area contributed by atoms with Crippen molar-refractivity contribution in [1.82, 2.24) is 36.1 Å². The van der Waals surface area contributed by atoms with Crippen molar-refractivity contribution in [3.8, 4) is 0 Å². The Morgan fingerprint density at radius 3 is 1.45 bits per heavy atom. The van der Waals surface area contributed by atoms with Crippen molar-refractivity contribution >= 4 is 40.4 Å². The average molecular weight is 1590 g/mol. The number of aliphatic hydroxyl groups is 6. The number of hydrogen-bond acceptors (Lipinski definition) is 27. The maximum absolute atomic E-state index is 13.2. The first-order valence-corrected chi connectivity index (χ1v) is 36.9. The van der Waals surface area contributed by atoms with E-state index in [0.29, 0.717) is 25.8 Å². The number of nitrogens with one attached hydrogen (secondary N) is 5. The summed E-state index contributed by atoms with van der Waals surface area (Å²) in [4.78, 5) is 64.3. The van der Waals surface area contributed by atoms with Gasteiger partial charge >= 0.3 is 24.2 Å². The molecular formula is C71H105F6N7O26. The summed E-state index contributed by atoms with van der Waals surface area (Å²) >= 11 is 0. The number of benzene rings is 2. The van der Waals surface area contributed by atoms with E-state index in [1.807, 2.05) is 0 Å². The molecule has 0 aliphatic carbocycles. The van der Waals surface area contributed by atoms with Crippen molar-refractivity contribution in [2.45, 2.75) is 155 Å². The van der Waals surface area contributed by atoms with E-state index < -0.39 is 127 Å². The number of ether oxygens (including phenoxy) is 15. The molecular weight excluding hydrogens is 1480 g/mol. The molecule has 0 radical (unpaired) electrons. The van der Waals surface area contributed by atoms with Gasteiger partial charge in [-0.15, -0.1) is 0 Å². The monoisotopic (exact) mass is 1590 g/mol. The van der Waals surface area contributed by atoms with Crippen LogP contribution in [0.2, 0.25) is 0 Å². The van der Waals surface area contributed by atoms with Gasteiger partial charge in [0.15, 0.2) is 12.6 Å². The zero-order valence-corrected chi connectivity index (χ0v) is 61.2. The minimum Gasteiger partial charge on any atom is -0.391 e. The van der Waals surface area contributed by atoms with Crippen molar-refractivity contribution < 1.29 is 152 Å². The van der Waals surface area contributed by atoms with Crippen molar-refractivity contribution in [2.75, 3.05) is 178 Å². The molecule has 39 heteroatoms. The highest BCUT2D eigenvalue weighted by molar-refractivity contribution is 5.84. The van der Waals surface area contributed by atoms with Gasteiger partial charge in [0, 0.05) is 62.2 Å². The number of carbonyl (C=O) groups excluding carboxylic acids is 5. The quantitative estimate of drug-likeness (QED) is 0.0247. The van der Waals surface area contributed by atoms with Crippen molar-refractivity contribution in [3.05, 3.63) is 71.9 Å². The molecule has 1 aromatic heterocycles. The number of amides is 5. The summed E-state index contributed by atoms with van der Waals surface area (Å²) in [5.41, 5.74) is 0.627.